The Kier molecular flexibility index (Phi) is 6.99. The number of benzene rings is 2. The first kappa shape index (κ1) is 20.0. The van der Waals surface area contributed by atoms with E-state index < -0.39 is 4.92 Å². The highest BCUT2D eigenvalue weighted by molar-refractivity contribution is 5.77. The zero-order valence-corrected chi connectivity index (χ0v) is 15.5. The molecular formula is C19H22N2O6. The average molecular weight is 374 g/mol. The molecule has 0 unspecified atom stereocenters. The van der Waals surface area contributed by atoms with Crippen LogP contribution in [-0.2, 0) is 4.79 Å². The number of amides is 1. The Balaban J connectivity index is 1.79. The van der Waals surface area contributed by atoms with E-state index in [1.54, 1.807) is 0 Å². The fourth-order valence-electron chi connectivity index (χ4n) is 2.40. The monoisotopic (exact) mass is 374 g/mol. The first-order valence-electron chi connectivity index (χ1n) is 8.32. The van der Waals surface area contributed by atoms with Crippen LogP contribution >= 0.6 is 0 Å². The number of ether oxygens (including phenoxy) is 3. The van der Waals surface area contributed by atoms with Crippen LogP contribution in [-0.4, -0.2) is 37.7 Å². The van der Waals surface area contributed by atoms with Crippen molar-refractivity contribution in [2.24, 2.45) is 0 Å². The lowest BCUT2D eigenvalue weighted by atomic mass is 10.1. The van der Waals surface area contributed by atoms with E-state index in [0.717, 1.165) is 16.9 Å². The lowest BCUT2D eigenvalue weighted by molar-refractivity contribution is -0.385. The van der Waals surface area contributed by atoms with E-state index in [-0.39, 0.29) is 24.0 Å². The Morgan fingerprint density at radius 3 is 2.48 bits per heavy atom. The Morgan fingerprint density at radius 2 is 1.81 bits per heavy atom. The second-order valence-corrected chi connectivity index (χ2v) is 5.85. The summed E-state index contributed by atoms with van der Waals surface area (Å²) in [4.78, 5) is 22.2. The number of non-ortho nitro benzene ring substituents is 1. The van der Waals surface area contributed by atoms with E-state index in [2.05, 4.69) is 5.32 Å². The maximum absolute atomic E-state index is 11.9. The molecule has 0 aliphatic heterocycles. The largest absolute Gasteiger partial charge is 0.493 e. The molecule has 2 aromatic rings. The van der Waals surface area contributed by atoms with Gasteiger partial charge in [-0.3, -0.25) is 14.9 Å². The summed E-state index contributed by atoms with van der Waals surface area (Å²) in [7, 11) is 1.42. The van der Waals surface area contributed by atoms with Gasteiger partial charge in [0.1, 0.15) is 12.4 Å². The van der Waals surface area contributed by atoms with Crippen LogP contribution in [0.5, 0.6) is 17.2 Å². The van der Waals surface area contributed by atoms with E-state index in [1.165, 1.54) is 25.3 Å². The third-order valence-electron chi connectivity index (χ3n) is 3.73. The summed E-state index contributed by atoms with van der Waals surface area (Å²) in [5.41, 5.74) is 2.04. The van der Waals surface area contributed by atoms with Gasteiger partial charge in [-0.2, -0.15) is 0 Å². The van der Waals surface area contributed by atoms with Crippen molar-refractivity contribution in [2.45, 2.75) is 13.8 Å². The Hall–Kier alpha value is -3.29. The molecule has 0 aromatic heterocycles. The van der Waals surface area contributed by atoms with Gasteiger partial charge < -0.3 is 19.5 Å². The molecule has 0 saturated carbocycles. The number of hydrogen-bond donors (Lipinski definition) is 1. The second-order valence-electron chi connectivity index (χ2n) is 5.85. The van der Waals surface area contributed by atoms with Gasteiger partial charge in [0.25, 0.3) is 11.6 Å². The van der Waals surface area contributed by atoms with Crippen molar-refractivity contribution >= 4 is 11.6 Å². The number of carbonyl (C=O) groups is 1. The van der Waals surface area contributed by atoms with Crippen LogP contribution < -0.4 is 19.5 Å². The van der Waals surface area contributed by atoms with Crippen LogP contribution in [0.3, 0.4) is 0 Å². The summed E-state index contributed by atoms with van der Waals surface area (Å²) >= 11 is 0. The van der Waals surface area contributed by atoms with Crippen molar-refractivity contribution in [3.8, 4) is 17.2 Å². The van der Waals surface area contributed by atoms with Crippen LogP contribution in [0.25, 0.3) is 0 Å². The number of methoxy groups -OCH3 is 1. The summed E-state index contributed by atoms with van der Waals surface area (Å²) in [6.07, 6.45) is 0. The molecule has 0 heterocycles. The first-order chi connectivity index (χ1) is 12.9. The Labute approximate surface area is 157 Å². The lowest BCUT2D eigenvalue weighted by Crippen LogP contribution is -2.32. The second kappa shape index (κ2) is 9.42. The maximum atomic E-state index is 11.9. The quantitative estimate of drug-likeness (QED) is 0.412. The molecule has 0 spiro atoms. The maximum Gasteiger partial charge on any atom is 0.273 e. The third kappa shape index (κ3) is 5.88. The van der Waals surface area contributed by atoms with Gasteiger partial charge in [-0.25, -0.2) is 0 Å². The lowest BCUT2D eigenvalue weighted by Gasteiger charge is -2.12. The summed E-state index contributed by atoms with van der Waals surface area (Å²) in [5, 5.41) is 13.5. The predicted molar refractivity (Wildman–Crippen MR) is 99.6 cm³/mol. The summed E-state index contributed by atoms with van der Waals surface area (Å²) in [6, 6.07) is 9.81. The molecule has 0 aliphatic carbocycles. The molecule has 8 heteroatoms. The molecule has 2 aromatic carbocycles. The van der Waals surface area contributed by atoms with E-state index in [1.807, 2.05) is 32.0 Å². The van der Waals surface area contributed by atoms with Crippen LogP contribution in [0.2, 0.25) is 0 Å². The fraction of sp³-hybridized carbons (Fsp3) is 0.316. The molecule has 0 fully saturated rings. The van der Waals surface area contributed by atoms with Crippen molar-refractivity contribution < 1.29 is 23.9 Å². The Morgan fingerprint density at radius 1 is 1.07 bits per heavy atom. The van der Waals surface area contributed by atoms with Gasteiger partial charge in [0, 0.05) is 6.07 Å². The van der Waals surface area contributed by atoms with Crippen LogP contribution in [0.4, 0.5) is 5.69 Å². The van der Waals surface area contributed by atoms with E-state index >= 15 is 0 Å². The highest BCUT2D eigenvalue weighted by Gasteiger charge is 2.13. The van der Waals surface area contributed by atoms with Crippen molar-refractivity contribution in [3.05, 3.63) is 57.6 Å². The molecule has 2 rings (SSSR count). The molecule has 144 valence electrons. The standard InChI is InChI=1S/C19H22N2O6/c1-13-4-6-16(14(2)10-13)26-9-8-20-19(22)12-27-18-11-15(21(23)24)5-7-17(18)25-3/h4-7,10-11H,8-9,12H2,1-3H3,(H,20,22). The van der Waals surface area contributed by atoms with Gasteiger partial charge in [-0.1, -0.05) is 17.7 Å². The highest BCUT2D eigenvalue weighted by atomic mass is 16.6. The van der Waals surface area contributed by atoms with Gasteiger partial charge in [-0.05, 0) is 31.5 Å². The smallest absolute Gasteiger partial charge is 0.273 e. The number of nitrogens with one attached hydrogen (secondary N) is 1. The zero-order valence-electron chi connectivity index (χ0n) is 15.5. The summed E-state index contributed by atoms with van der Waals surface area (Å²) < 4.78 is 16.1. The van der Waals surface area contributed by atoms with E-state index in [9.17, 15) is 14.9 Å². The van der Waals surface area contributed by atoms with Crippen molar-refractivity contribution in [1.82, 2.24) is 5.32 Å². The van der Waals surface area contributed by atoms with Gasteiger partial charge in [0.05, 0.1) is 24.6 Å². The highest BCUT2D eigenvalue weighted by Crippen LogP contribution is 2.31. The van der Waals surface area contributed by atoms with Gasteiger partial charge >= 0.3 is 0 Å². The molecule has 0 atom stereocenters. The Bertz CT molecular complexity index is 822. The number of nitro benzene ring substituents is 1. The number of nitrogens with zero attached hydrogens (tertiary/aromatic N) is 1. The van der Waals surface area contributed by atoms with Gasteiger partial charge in [-0.15, -0.1) is 0 Å². The zero-order chi connectivity index (χ0) is 19.8. The topological polar surface area (TPSA) is 99.9 Å². The molecular weight excluding hydrogens is 352 g/mol. The number of hydrogen-bond acceptors (Lipinski definition) is 6. The number of carbonyl (C=O) groups excluding carboxylic acids is 1. The van der Waals surface area contributed by atoms with Gasteiger partial charge in [0.2, 0.25) is 0 Å². The van der Waals surface area contributed by atoms with Gasteiger partial charge in [0.15, 0.2) is 18.1 Å². The molecule has 1 amide bonds. The van der Waals surface area contributed by atoms with E-state index in [0.29, 0.717) is 18.9 Å². The molecule has 27 heavy (non-hydrogen) atoms. The molecule has 0 aliphatic rings. The minimum Gasteiger partial charge on any atom is -0.493 e. The van der Waals surface area contributed by atoms with Crippen LogP contribution in [0.15, 0.2) is 36.4 Å². The SMILES string of the molecule is COc1ccc([N+](=O)[O-])cc1OCC(=O)NCCOc1ccc(C)cc1C. The number of nitro groups is 1. The van der Waals surface area contributed by atoms with Crippen molar-refractivity contribution in [2.75, 3.05) is 26.9 Å². The number of aryl methyl sites for hydroxylation is 2. The molecule has 1 N–H and O–H groups in total. The van der Waals surface area contributed by atoms with Crippen molar-refractivity contribution in [1.29, 1.82) is 0 Å². The molecule has 0 saturated heterocycles. The minimum absolute atomic E-state index is 0.133. The molecule has 0 radical (unpaired) electrons. The normalized spacial score (nSPS) is 10.2. The van der Waals surface area contributed by atoms with Crippen LogP contribution in [0.1, 0.15) is 11.1 Å². The van der Waals surface area contributed by atoms with Crippen molar-refractivity contribution in [3.63, 3.8) is 0 Å². The average Bonchev–Trinajstić information content (AvgIpc) is 2.64. The first-order valence-corrected chi connectivity index (χ1v) is 8.32. The van der Waals surface area contributed by atoms with Crippen LogP contribution in [0, 0.1) is 24.0 Å². The fourth-order valence-corrected chi connectivity index (χ4v) is 2.40. The van der Waals surface area contributed by atoms with E-state index in [4.69, 9.17) is 14.2 Å². The molecule has 8 nitrogen and oxygen atoms in total. The third-order valence-corrected chi connectivity index (χ3v) is 3.73. The summed E-state index contributed by atoms with van der Waals surface area (Å²) in [5.74, 6) is 0.847. The number of rotatable bonds is 9. The minimum atomic E-state index is -0.545. The summed E-state index contributed by atoms with van der Waals surface area (Å²) in [6.45, 7) is 4.30. The molecule has 0 bridgehead atoms. The predicted octanol–water partition coefficient (Wildman–Crippen LogP) is 2.79.